The first kappa shape index (κ1) is 8.69. The van der Waals surface area contributed by atoms with Crippen molar-refractivity contribution in [3.8, 4) is 5.75 Å². The molecule has 14 heavy (non-hydrogen) atoms. The van der Waals surface area contributed by atoms with E-state index in [4.69, 9.17) is 10.3 Å². The van der Waals surface area contributed by atoms with Crippen LogP contribution >= 0.6 is 0 Å². The normalized spacial score (nSPS) is 10.1. The Morgan fingerprint density at radius 2 is 1.86 bits per heavy atom. The molecular weight excluding hydrogens is 176 g/mol. The fraction of sp³-hybridized carbons (Fsp3) is 0.0909. The summed E-state index contributed by atoms with van der Waals surface area (Å²) < 4.78 is 5.12. The molecule has 0 unspecified atom stereocenters. The van der Waals surface area contributed by atoms with E-state index in [-0.39, 0.29) is 0 Å². The maximum absolute atomic E-state index is 6.91. The Hall–Kier alpha value is -1.90. The van der Waals surface area contributed by atoms with Crippen molar-refractivity contribution < 1.29 is 4.74 Å². The van der Waals surface area contributed by atoms with E-state index >= 15 is 0 Å². The Balaban J connectivity index is 2.65. The van der Waals surface area contributed by atoms with Crippen molar-refractivity contribution in [1.29, 1.82) is 5.53 Å². The SMILES string of the molecule is COc1ccc2ccc(N=N)cc2c1. The van der Waals surface area contributed by atoms with Gasteiger partial charge in [-0.1, -0.05) is 12.1 Å². The lowest BCUT2D eigenvalue weighted by Gasteiger charge is -2.02. The molecule has 2 rings (SSSR count). The number of ether oxygens (including phenoxy) is 1. The van der Waals surface area contributed by atoms with Gasteiger partial charge in [0.25, 0.3) is 0 Å². The highest BCUT2D eigenvalue weighted by atomic mass is 16.5. The van der Waals surface area contributed by atoms with Crippen LogP contribution in [0.15, 0.2) is 41.5 Å². The maximum Gasteiger partial charge on any atom is 0.119 e. The Kier molecular flexibility index (Phi) is 2.14. The summed E-state index contributed by atoms with van der Waals surface area (Å²) in [6.07, 6.45) is 0. The summed E-state index contributed by atoms with van der Waals surface area (Å²) in [6.45, 7) is 0. The first-order valence-electron chi connectivity index (χ1n) is 4.29. The fourth-order valence-corrected chi connectivity index (χ4v) is 1.41. The van der Waals surface area contributed by atoms with E-state index in [1.165, 1.54) is 0 Å². The zero-order valence-corrected chi connectivity index (χ0v) is 7.82. The molecule has 70 valence electrons. The van der Waals surface area contributed by atoms with Crippen LogP contribution in [-0.2, 0) is 0 Å². The van der Waals surface area contributed by atoms with Crippen LogP contribution < -0.4 is 4.74 Å². The molecule has 0 aromatic heterocycles. The van der Waals surface area contributed by atoms with Gasteiger partial charge < -0.3 is 4.74 Å². The molecule has 0 aliphatic carbocycles. The third kappa shape index (κ3) is 1.44. The van der Waals surface area contributed by atoms with Crippen LogP contribution in [0.5, 0.6) is 5.75 Å². The van der Waals surface area contributed by atoms with E-state index in [1.807, 2.05) is 36.4 Å². The van der Waals surface area contributed by atoms with E-state index < -0.39 is 0 Å². The number of nitrogens with zero attached hydrogens (tertiary/aromatic N) is 1. The summed E-state index contributed by atoms with van der Waals surface area (Å²) in [4.78, 5) is 0. The number of hydrogen-bond donors (Lipinski definition) is 1. The lowest BCUT2D eigenvalue weighted by atomic mass is 10.1. The predicted octanol–water partition coefficient (Wildman–Crippen LogP) is 3.51. The fourth-order valence-electron chi connectivity index (χ4n) is 1.41. The van der Waals surface area contributed by atoms with Crippen LogP contribution in [0.25, 0.3) is 10.8 Å². The van der Waals surface area contributed by atoms with E-state index in [2.05, 4.69) is 5.11 Å². The Labute approximate surface area is 81.8 Å². The van der Waals surface area contributed by atoms with Crippen LogP contribution in [-0.4, -0.2) is 7.11 Å². The standard InChI is InChI=1S/C11H10N2O/c1-14-11-5-3-8-2-4-10(13-12)6-9(8)7-11/h2-7,12H,1H3. The zero-order valence-electron chi connectivity index (χ0n) is 7.82. The largest absolute Gasteiger partial charge is 0.497 e. The molecule has 0 amide bonds. The van der Waals surface area contributed by atoms with E-state index in [0.717, 1.165) is 16.5 Å². The van der Waals surface area contributed by atoms with Gasteiger partial charge in [-0.15, -0.1) is 0 Å². The Morgan fingerprint density at radius 3 is 2.57 bits per heavy atom. The van der Waals surface area contributed by atoms with Gasteiger partial charge in [0.15, 0.2) is 0 Å². The van der Waals surface area contributed by atoms with Crippen molar-refractivity contribution in [2.45, 2.75) is 0 Å². The van der Waals surface area contributed by atoms with E-state index in [0.29, 0.717) is 5.69 Å². The van der Waals surface area contributed by atoms with Crippen molar-refractivity contribution in [2.75, 3.05) is 7.11 Å². The second-order valence-electron chi connectivity index (χ2n) is 3.01. The molecule has 3 nitrogen and oxygen atoms in total. The molecule has 0 aliphatic heterocycles. The number of nitrogens with one attached hydrogen (secondary N) is 1. The van der Waals surface area contributed by atoms with Crippen LogP contribution in [0.4, 0.5) is 5.69 Å². The third-order valence-electron chi connectivity index (χ3n) is 2.16. The predicted molar refractivity (Wildman–Crippen MR) is 55.3 cm³/mol. The van der Waals surface area contributed by atoms with Gasteiger partial charge in [-0.25, -0.2) is 5.53 Å². The van der Waals surface area contributed by atoms with Gasteiger partial charge in [-0.2, -0.15) is 5.11 Å². The lowest BCUT2D eigenvalue weighted by molar-refractivity contribution is 0.415. The topological polar surface area (TPSA) is 45.4 Å². The summed E-state index contributed by atoms with van der Waals surface area (Å²) >= 11 is 0. The molecule has 0 radical (unpaired) electrons. The Morgan fingerprint density at radius 1 is 1.07 bits per heavy atom. The maximum atomic E-state index is 6.91. The zero-order chi connectivity index (χ0) is 9.97. The van der Waals surface area contributed by atoms with E-state index in [9.17, 15) is 0 Å². The highest BCUT2D eigenvalue weighted by molar-refractivity contribution is 5.86. The van der Waals surface area contributed by atoms with Gasteiger partial charge >= 0.3 is 0 Å². The number of methoxy groups -OCH3 is 1. The van der Waals surface area contributed by atoms with Gasteiger partial charge in [0, 0.05) is 0 Å². The monoisotopic (exact) mass is 186 g/mol. The molecule has 0 saturated carbocycles. The summed E-state index contributed by atoms with van der Waals surface area (Å²) in [5.74, 6) is 0.819. The van der Waals surface area contributed by atoms with Gasteiger partial charge in [0.05, 0.1) is 12.8 Å². The van der Waals surface area contributed by atoms with Crippen molar-refractivity contribution in [2.24, 2.45) is 5.11 Å². The molecule has 1 N–H and O–H groups in total. The smallest absolute Gasteiger partial charge is 0.119 e. The molecule has 0 atom stereocenters. The van der Waals surface area contributed by atoms with Crippen LogP contribution in [0.3, 0.4) is 0 Å². The highest BCUT2D eigenvalue weighted by Gasteiger charge is 1.97. The minimum atomic E-state index is 0.658. The van der Waals surface area contributed by atoms with Crippen molar-refractivity contribution in [1.82, 2.24) is 0 Å². The molecule has 2 aromatic rings. The summed E-state index contributed by atoms with van der Waals surface area (Å²) in [5.41, 5.74) is 7.57. The number of hydrogen-bond acceptors (Lipinski definition) is 3. The number of fused-ring (bicyclic) bond motifs is 1. The van der Waals surface area contributed by atoms with Crippen molar-refractivity contribution in [3.63, 3.8) is 0 Å². The summed E-state index contributed by atoms with van der Waals surface area (Å²) in [5, 5.41) is 5.55. The number of benzene rings is 2. The van der Waals surface area contributed by atoms with Crippen LogP contribution in [0.1, 0.15) is 0 Å². The average molecular weight is 186 g/mol. The number of rotatable bonds is 2. The van der Waals surface area contributed by atoms with Gasteiger partial charge in [-0.05, 0) is 35.0 Å². The van der Waals surface area contributed by atoms with Gasteiger partial charge in [-0.3, -0.25) is 0 Å². The van der Waals surface area contributed by atoms with Crippen LogP contribution in [0, 0.1) is 5.53 Å². The Bertz CT molecular complexity index is 480. The quantitative estimate of drug-likeness (QED) is 0.716. The summed E-state index contributed by atoms with van der Waals surface area (Å²) in [7, 11) is 1.64. The minimum Gasteiger partial charge on any atom is -0.497 e. The molecule has 0 heterocycles. The first-order valence-corrected chi connectivity index (χ1v) is 4.29. The average Bonchev–Trinajstić information content (AvgIpc) is 2.27. The summed E-state index contributed by atoms with van der Waals surface area (Å²) in [6, 6.07) is 11.5. The molecule has 0 saturated heterocycles. The lowest BCUT2D eigenvalue weighted by Crippen LogP contribution is -1.81. The van der Waals surface area contributed by atoms with Gasteiger partial charge in [0.1, 0.15) is 5.75 Å². The molecule has 3 heteroatoms. The van der Waals surface area contributed by atoms with Gasteiger partial charge in [0.2, 0.25) is 0 Å². The second-order valence-corrected chi connectivity index (χ2v) is 3.01. The second kappa shape index (κ2) is 3.46. The molecule has 0 fully saturated rings. The third-order valence-corrected chi connectivity index (χ3v) is 2.16. The van der Waals surface area contributed by atoms with Crippen molar-refractivity contribution in [3.05, 3.63) is 36.4 Å². The first-order chi connectivity index (χ1) is 6.83. The highest BCUT2D eigenvalue weighted by Crippen LogP contribution is 2.24. The van der Waals surface area contributed by atoms with Crippen molar-refractivity contribution >= 4 is 16.5 Å². The molecule has 0 aliphatic rings. The molecule has 0 spiro atoms. The molecule has 0 bridgehead atoms. The molecule has 2 aromatic carbocycles. The van der Waals surface area contributed by atoms with E-state index in [1.54, 1.807) is 7.11 Å². The van der Waals surface area contributed by atoms with Crippen LogP contribution in [0.2, 0.25) is 0 Å². The minimum absolute atomic E-state index is 0.658. The molecular formula is C11H10N2O.